The maximum atomic E-state index is 10.7. The van der Waals surface area contributed by atoms with Gasteiger partial charge in [-0.1, -0.05) is 0 Å². The first kappa shape index (κ1) is 14.9. The molecule has 0 bridgehead atoms. The monoisotopic (exact) mass is 287 g/mol. The highest BCUT2D eigenvalue weighted by molar-refractivity contribution is 5.62. The number of non-ortho nitro benzene ring substituents is 1. The maximum Gasteiger partial charge on any atom is 0.269 e. The molecule has 2 rings (SSSR count). The Balaban J connectivity index is 2.24. The second kappa shape index (κ2) is 6.76. The van der Waals surface area contributed by atoms with E-state index in [9.17, 15) is 10.1 Å². The highest BCUT2D eigenvalue weighted by Gasteiger charge is 2.08. The van der Waals surface area contributed by atoms with Gasteiger partial charge in [-0.2, -0.15) is 0 Å². The van der Waals surface area contributed by atoms with Crippen LogP contribution in [0.25, 0.3) is 11.3 Å². The molecule has 3 N–H and O–H groups in total. The Hall–Kier alpha value is -2.54. The van der Waals surface area contributed by atoms with E-state index in [1.165, 1.54) is 12.1 Å². The normalized spacial score (nSPS) is 10.4. The largest absolute Gasteiger partial charge is 0.354 e. The molecule has 0 aliphatic heterocycles. The van der Waals surface area contributed by atoms with Gasteiger partial charge in [-0.05, 0) is 38.1 Å². The van der Waals surface area contributed by atoms with Crippen molar-refractivity contribution in [2.45, 2.75) is 13.3 Å². The minimum absolute atomic E-state index is 0.0609. The van der Waals surface area contributed by atoms with Gasteiger partial charge in [-0.15, -0.1) is 0 Å². The first-order chi connectivity index (χ1) is 10.1. The van der Waals surface area contributed by atoms with E-state index in [0.717, 1.165) is 23.4 Å². The summed E-state index contributed by atoms with van der Waals surface area (Å²) in [6, 6.07) is 8.14. The van der Waals surface area contributed by atoms with Crippen molar-refractivity contribution in [1.82, 2.24) is 9.97 Å². The van der Waals surface area contributed by atoms with Gasteiger partial charge in [0.25, 0.3) is 5.69 Å². The van der Waals surface area contributed by atoms with Crippen molar-refractivity contribution in [2.24, 2.45) is 5.73 Å². The van der Waals surface area contributed by atoms with Gasteiger partial charge in [0.1, 0.15) is 0 Å². The Morgan fingerprint density at radius 1 is 1.29 bits per heavy atom. The van der Waals surface area contributed by atoms with Crippen molar-refractivity contribution in [2.75, 3.05) is 18.4 Å². The number of nitrogens with two attached hydrogens (primary N) is 1. The molecule has 1 heterocycles. The van der Waals surface area contributed by atoms with Crippen LogP contribution in [0.15, 0.2) is 30.3 Å². The Kier molecular flexibility index (Phi) is 4.78. The summed E-state index contributed by atoms with van der Waals surface area (Å²) >= 11 is 0. The number of nitro groups is 1. The van der Waals surface area contributed by atoms with Crippen molar-refractivity contribution in [3.05, 3.63) is 46.1 Å². The van der Waals surface area contributed by atoms with E-state index in [2.05, 4.69) is 15.3 Å². The number of hydrogen-bond donors (Lipinski definition) is 2. The summed E-state index contributed by atoms with van der Waals surface area (Å²) in [6.45, 7) is 3.19. The minimum atomic E-state index is -0.422. The Labute approximate surface area is 122 Å². The minimum Gasteiger partial charge on any atom is -0.354 e. The number of aryl methyl sites for hydroxylation is 1. The van der Waals surface area contributed by atoms with Crippen LogP contribution in [0.4, 0.5) is 11.6 Å². The summed E-state index contributed by atoms with van der Waals surface area (Å²) < 4.78 is 0. The van der Waals surface area contributed by atoms with Crippen LogP contribution >= 0.6 is 0 Å². The Bertz CT molecular complexity index is 628. The molecule has 0 aliphatic carbocycles. The van der Waals surface area contributed by atoms with Gasteiger partial charge in [0.05, 0.1) is 10.6 Å². The molecule has 1 aromatic carbocycles. The number of benzene rings is 1. The standard InChI is InChI=1S/C14H17N5O2/c1-10-9-13(18-14(17-10)16-8-2-7-15)11-3-5-12(6-4-11)19(20)21/h3-6,9H,2,7-8,15H2,1H3,(H,16,17,18). The highest BCUT2D eigenvalue weighted by atomic mass is 16.6. The third kappa shape index (κ3) is 3.96. The van der Waals surface area contributed by atoms with E-state index in [1.54, 1.807) is 12.1 Å². The number of aromatic nitrogens is 2. The van der Waals surface area contributed by atoms with Crippen LogP contribution in [0.3, 0.4) is 0 Å². The van der Waals surface area contributed by atoms with Crippen LogP contribution < -0.4 is 11.1 Å². The lowest BCUT2D eigenvalue weighted by Gasteiger charge is -2.08. The molecule has 0 amide bonds. The molecule has 7 heteroatoms. The molecule has 0 unspecified atom stereocenters. The van der Waals surface area contributed by atoms with Crippen LogP contribution in [0.1, 0.15) is 12.1 Å². The number of rotatable bonds is 6. The van der Waals surface area contributed by atoms with Gasteiger partial charge in [-0.3, -0.25) is 10.1 Å². The first-order valence-corrected chi connectivity index (χ1v) is 6.64. The molecule has 1 aromatic heterocycles. The fraction of sp³-hybridized carbons (Fsp3) is 0.286. The van der Waals surface area contributed by atoms with Crippen molar-refractivity contribution in [3.8, 4) is 11.3 Å². The van der Waals surface area contributed by atoms with E-state index in [1.807, 2.05) is 13.0 Å². The summed E-state index contributed by atoms with van der Waals surface area (Å²) in [5, 5.41) is 13.8. The third-order valence-corrected chi connectivity index (χ3v) is 2.89. The predicted molar refractivity (Wildman–Crippen MR) is 81.0 cm³/mol. The van der Waals surface area contributed by atoms with E-state index in [0.29, 0.717) is 19.0 Å². The molecule has 21 heavy (non-hydrogen) atoms. The number of anilines is 1. The SMILES string of the molecule is Cc1cc(-c2ccc([N+](=O)[O-])cc2)nc(NCCCN)n1. The molecule has 0 saturated heterocycles. The van der Waals surface area contributed by atoms with Crippen LogP contribution in [-0.2, 0) is 0 Å². The zero-order valence-electron chi connectivity index (χ0n) is 11.7. The predicted octanol–water partition coefficient (Wildman–Crippen LogP) is 2.12. The second-order valence-electron chi connectivity index (χ2n) is 4.59. The fourth-order valence-electron chi connectivity index (χ4n) is 1.85. The van der Waals surface area contributed by atoms with Crippen LogP contribution in [-0.4, -0.2) is 28.0 Å². The summed E-state index contributed by atoms with van der Waals surface area (Å²) in [7, 11) is 0. The number of nitro benzene ring substituents is 1. The lowest BCUT2D eigenvalue weighted by atomic mass is 10.1. The lowest BCUT2D eigenvalue weighted by Crippen LogP contribution is -2.11. The summed E-state index contributed by atoms with van der Waals surface area (Å²) in [4.78, 5) is 19.0. The molecule has 0 atom stereocenters. The molecular formula is C14H17N5O2. The number of nitrogens with one attached hydrogen (secondary N) is 1. The van der Waals surface area contributed by atoms with E-state index >= 15 is 0 Å². The first-order valence-electron chi connectivity index (χ1n) is 6.64. The van der Waals surface area contributed by atoms with E-state index in [-0.39, 0.29) is 5.69 Å². The summed E-state index contributed by atoms with van der Waals surface area (Å²) in [5.74, 6) is 0.539. The molecule has 0 aliphatic rings. The van der Waals surface area contributed by atoms with Crippen molar-refractivity contribution >= 4 is 11.6 Å². The Morgan fingerprint density at radius 2 is 2.00 bits per heavy atom. The number of hydrogen-bond acceptors (Lipinski definition) is 6. The topological polar surface area (TPSA) is 107 Å². The van der Waals surface area contributed by atoms with Crippen LogP contribution in [0, 0.1) is 17.0 Å². The zero-order chi connectivity index (χ0) is 15.2. The summed E-state index contributed by atoms with van der Waals surface area (Å²) in [6.07, 6.45) is 0.837. The van der Waals surface area contributed by atoms with E-state index < -0.39 is 4.92 Å². The van der Waals surface area contributed by atoms with E-state index in [4.69, 9.17) is 5.73 Å². The molecule has 7 nitrogen and oxygen atoms in total. The van der Waals surface area contributed by atoms with Gasteiger partial charge >= 0.3 is 0 Å². The molecular weight excluding hydrogens is 270 g/mol. The molecule has 0 spiro atoms. The molecule has 0 saturated carbocycles. The van der Waals surface area contributed by atoms with Gasteiger partial charge < -0.3 is 11.1 Å². The van der Waals surface area contributed by atoms with Crippen molar-refractivity contribution < 1.29 is 4.92 Å². The van der Waals surface area contributed by atoms with Crippen LogP contribution in [0.2, 0.25) is 0 Å². The number of nitrogens with zero attached hydrogens (tertiary/aromatic N) is 3. The lowest BCUT2D eigenvalue weighted by molar-refractivity contribution is -0.384. The summed E-state index contributed by atoms with van der Waals surface area (Å²) in [5.41, 5.74) is 7.88. The highest BCUT2D eigenvalue weighted by Crippen LogP contribution is 2.22. The van der Waals surface area contributed by atoms with Gasteiger partial charge in [-0.25, -0.2) is 9.97 Å². The zero-order valence-corrected chi connectivity index (χ0v) is 11.7. The fourth-order valence-corrected chi connectivity index (χ4v) is 1.85. The molecule has 2 aromatic rings. The van der Waals surface area contributed by atoms with Gasteiger partial charge in [0, 0.05) is 29.9 Å². The third-order valence-electron chi connectivity index (χ3n) is 2.89. The average Bonchev–Trinajstić information content (AvgIpc) is 2.47. The maximum absolute atomic E-state index is 10.7. The van der Waals surface area contributed by atoms with Gasteiger partial charge in [0.2, 0.25) is 5.95 Å². The molecule has 110 valence electrons. The van der Waals surface area contributed by atoms with Crippen molar-refractivity contribution in [1.29, 1.82) is 0 Å². The smallest absolute Gasteiger partial charge is 0.269 e. The molecule has 0 radical (unpaired) electrons. The second-order valence-corrected chi connectivity index (χ2v) is 4.59. The quantitative estimate of drug-likeness (QED) is 0.478. The van der Waals surface area contributed by atoms with Crippen LogP contribution in [0.5, 0.6) is 0 Å². The average molecular weight is 287 g/mol. The van der Waals surface area contributed by atoms with Crippen molar-refractivity contribution in [3.63, 3.8) is 0 Å². The van der Waals surface area contributed by atoms with Gasteiger partial charge in [0.15, 0.2) is 0 Å². The Morgan fingerprint density at radius 3 is 2.62 bits per heavy atom. The molecule has 0 fully saturated rings.